The average Bonchev–Trinajstić information content (AvgIpc) is 2.66. The van der Waals surface area contributed by atoms with Crippen molar-refractivity contribution in [1.29, 1.82) is 0 Å². The SMILES string of the molecule is C#CC(O)(c1ccc(N(C)C)cc1)c1ccc(N(C)C)c2ccccc12. The highest BCUT2D eigenvalue weighted by atomic mass is 16.3. The third-order valence-electron chi connectivity index (χ3n) is 4.78. The second kappa shape index (κ2) is 6.74. The largest absolute Gasteiger partial charge is 0.378 e. The molecular weight excluding hydrogens is 320 g/mol. The molecule has 26 heavy (non-hydrogen) atoms. The maximum atomic E-state index is 11.5. The second-order valence-electron chi connectivity index (χ2n) is 6.87. The van der Waals surface area contributed by atoms with E-state index in [9.17, 15) is 5.11 Å². The maximum absolute atomic E-state index is 11.5. The Balaban J connectivity index is 2.22. The summed E-state index contributed by atoms with van der Waals surface area (Å²) in [5.74, 6) is 2.63. The van der Waals surface area contributed by atoms with Gasteiger partial charge in [-0.25, -0.2) is 0 Å². The van der Waals surface area contributed by atoms with Crippen LogP contribution in [0.15, 0.2) is 60.7 Å². The lowest BCUT2D eigenvalue weighted by molar-refractivity contribution is 0.147. The smallest absolute Gasteiger partial charge is 0.177 e. The molecule has 0 aliphatic heterocycles. The van der Waals surface area contributed by atoms with Gasteiger partial charge in [0.25, 0.3) is 0 Å². The van der Waals surface area contributed by atoms with E-state index in [1.54, 1.807) is 0 Å². The Kier molecular flexibility index (Phi) is 4.63. The molecule has 0 saturated heterocycles. The number of rotatable bonds is 4. The highest BCUT2D eigenvalue weighted by Gasteiger charge is 2.31. The van der Waals surface area contributed by atoms with Gasteiger partial charge in [-0.15, -0.1) is 6.42 Å². The van der Waals surface area contributed by atoms with Crippen LogP contribution in [-0.2, 0) is 5.60 Å². The summed E-state index contributed by atoms with van der Waals surface area (Å²) < 4.78 is 0. The molecule has 0 fully saturated rings. The van der Waals surface area contributed by atoms with Gasteiger partial charge in [0, 0.05) is 56.1 Å². The van der Waals surface area contributed by atoms with Crippen LogP contribution in [0.3, 0.4) is 0 Å². The van der Waals surface area contributed by atoms with Crippen molar-refractivity contribution in [3.05, 3.63) is 71.8 Å². The zero-order chi connectivity index (χ0) is 18.9. The van der Waals surface area contributed by atoms with Crippen LogP contribution in [0.4, 0.5) is 11.4 Å². The van der Waals surface area contributed by atoms with Crippen molar-refractivity contribution in [3.63, 3.8) is 0 Å². The molecule has 0 amide bonds. The quantitative estimate of drug-likeness (QED) is 0.729. The van der Waals surface area contributed by atoms with Crippen LogP contribution in [0, 0.1) is 12.3 Å². The van der Waals surface area contributed by atoms with E-state index in [0.717, 1.165) is 27.7 Å². The Morgan fingerprint density at radius 2 is 1.42 bits per heavy atom. The van der Waals surface area contributed by atoms with Gasteiger partial charge in [-0.05, 0) is 23.6 Å². The van der Waals surface area contributed by atoms with Crippen LogP contribution in [0.25, 0.3) is 10.8 Å². The fourth-order valence-electron chi connectivity index (χ4n) is 3.31. The summed E-state index contributed by atoms with van der Waals surface area (Å²) in [5.41, 5.74) is 2.06. The van der Waals surface area contributed by atoms with Crippen molar-refractivity contribution in [1.82, 2.24) is 0 Å². The van der Waals surface area contributed by atoms with E-state index in [1.807, 2.05) is 87.7 Å². The lowest BCUT2D eigenvalue weighted by Crippen LogP contribution is -2.26. The fourth-order valence-corrected chi connectivity index (χ4v) is 3.31. The van der Waals surface area contributed by atoms with Crippen LogP contribution in [-0.4, -0.2) is 33.3 Å². The summed E-state index contributed by atoms with van der Waals surface area (Å²) in [5, 5.41) is 13.5. The normalized spacial score (nSPS) is 13.1. The molecule has 3 nitrogen and oxygen atoms in total. The topological polar surface area (TPSA) is 26.7 Å². The first-order chi connectivity index (χ1) is 12.4. The van der Waals surface area contributed by atoms with Gasteiger partial charge in [-0.1, -0.05) is 48.4 Å². The van der Waals surface area contributed by atoms with E-state index >= 15 is 0 Å². The lowest BCUT2D eigenvalue weighted by atomic mass is 9.83. The number of hydrogen-bond donors (Lipinski definition) is 1. The molecule has 0 heterocycles. The third-order valence-corrected chi connectivity index (χ3v) is 4.78. The monoisotopic (exact) mass is 344 g/mol. The molecule has 132 valence electrons. The van der Waals surface area contributed by atoms with E-state index in [0.29, 0.717) is 5.56 Å². The first kappa shape index (κ1) is 17.8. The van der Waals surface area contributed by atoms with Crippen molar-refractivity contribution in [2.24, 2.45) is 0 Å². The van der Waals surface area contributed by atoms with E-state index in [2.05, 4.69) is 16.9 Å². The van der Waals surface area contributed by atoms with Gasteiger partial charge in [0.1, 0.15) is 0 Å². The minimum absolute atomic E-state index is 0.688. The van der Waals surface area contributed by atoms with Crippen molar-refractivity contribution < 1.29 is 5.11 Å². The van der Waals surface area contributed by atoms with Gasteiger partial charge >= 0.3 is 0 Å². The number of hydrogen-bond acceptors (Lipinski definition) is 3. The van der Waals surface area contributed by atoms with E-state index in [4.69, 9.17) is 6.42 Å². The summed E-state index contributed by atoms with van der Waals surface area (Å²) in [7, 11) is 7.98. The van der Waals surface area contributed by atoms with Crippen LogP contribution < -0.4 is 9.80 Å². The van der Waals surface area contributed by atoms with Crippen molar-refractivity contribution >= 4 is 22.1 Å². The predicted molar refractivity (Wildman–Crippen MR) is 111 cm³/mol. The molecule has 0 aromatic heterocycles. The van der Waals surface area contributed by atoms with Crippen LogP contribution in [0.5, 0.6) is 0 Å². The molecule has 1 unspecified atom stereocenters. The Morgan fingerprint density at radius 3 is 1.96 bits per heavy atom. The number of nitrogens with zero attached hydrogens (tertiary/aromatic N) is 2. The van der Waals surface area contributed by atoms with Gasteiger partial charge < -0.3 is 14.9 Å². The predicted octanol–water partition coefficient (Wildman–Crippen LogP) is 3.84. The molecule has 3 aromatic rings. The Morgan fingerprint density at radius 1 is 0.808 bits per heavy atom. The molecule has 0 spiro atoms. The number of benzene rings is 3. The Labute approximate surface area is 155 Å². The lowest BCUT2D eigenvalue weighted by Gasteiger charge is -2.27. The maximum Gasteiger partial charge on any atom is 0.177 e. The van der Waals surface area contributed by atoms with Crippen LogP contribution in [0.2, 0.25) is 0 Å². The Bertz CT molecular complexity index is 968. The molecule has 0 aliphatic carbocycles. The number of anilines is 2. The van der Waals surface area contributed by atoms with E-state index < -0.39 is 5.60 Å². The number of aliphatic hydroxyl groups is 1. The zero-order valence-electron chi connectivity index (χ0n) is 15.7. The van der Waals surface area contributed by atoms with E-state index in [1.165, 1.54) is 0 Å². The van der Waals surface area contributed by atoms with Crippen LogP contribution >= 0.6 is 0 Å². The molecular formula is C23H24N2O. The van der Waals surface area contributed by atoms with Gasteiger partial charge in [-0.2, -0.15) is 0 Å². The molecule has 0 aliphatic rings. The van der Waals surface area contributed by atoms with Crippen molar-refractivity contribution in [3.8, 4) is 12.3 Å². The summed E-state index contributed by atoms with van der Waals surface area (Å²) >= 11 is 0. The summed E-state index contributed by atoms with van der Waals surface area (Å²) in [6.07, 6.45) is 5.84. The number of terminal acetylenes is 1. The van der Waals surface area contributed by atoms with Gasteiger partial charge in [0.05, 0.1) is 0 Å². The summed E-state index contributed by atoms with van der Waals surface area (Å²) in [4.78, 5) is 4.08. The van der Waals surface area contributed by atoms with Gasteiger partial charge in [-0.3, -0.25) is 0 Å². The van der Waals surface area contributed by atoms with Crippen molar-refractivity contribution in [2.45, 2.75) is 5.60 Å². The molecule has 3 aromatic carbocycles. The third kappa shape index (κ3) is 2.89. The highest BCUT2D eigenvalue weighted by Crippen LogP contribution is 2.38. The zero-order valence-corrected chi connectivity index (χ0v) is 15.7. The molecule has 3 heteroatoms. The van der Waals surface area contributed by atoms with Crippen LogP contribution in [0.1, 0.15) is 11.1 Å². The molecule has 3 rings (SSSR count). The molecule has 0 radical (unpaired) electrons. The molecule has 0 saturated carbocycles. The van der Waals surface area contributed by atoms with Gasteiger partial charge in [0.2, 0.25) is 0 Å². The second-order valence-corrected chi connectivity index (χ2v) is 6.87. The van der Waals surface area contributed by atoms with Gasteiger partial charge in [0.15, 0.2) is 5.60 Å². The molecule has 0 bridgehead atoms. The fraction of sp³-hybridized carbons (Fsp3) is 0.217. The minimum Gasteiger partial charge on any atom is -0.378 e. The molecule has 1 N–H and O–H groups in total. The highest BCUT2D eigenvalue weighted by molar-refractivity contribution is 5.97. The first-order valence-corrected chi connectivity index (χ1v) is 8.56. The first-order valence-electron chi connectivity index (χ1n) is 8.56. The van der Waals surface area contributed by atoms with E-state index in [-0.39, 0.29) is 0 Å². The average molecular weight is 344 g/mol. The molecule has 1 atom stereocenters. The minimum atomic E-state index is -1.49. The standard InChI is InChI=1S/C23H24N2O/c1-6-23(26,17-11-13-18(14-12-17)24(2)3)21-15-16-22(25(4)5)20-10-8-7-9-19(20)21/h1,7-16,26H,2-5H3. The van der Waals surface area contributed by atoms with Crippen molar-refractivity contribution in [2.75, 3.05) is 38.0 Å². The number of fused-ring (bicyclic) bond motifs is 1. The Hall–Kier alpha value is -2.96. The summed E-state index contributed by atoms with van der Waals surface area (Å²) in [6, 6.07) is 19.7. The summed E-state index contributed by atoms with van der Waals surface area (Å²) in [6.45, 7) is 0.